The molecule has 1 aliphatic rings. The van der Waals surface area contributed by atoms with Gasteiger partial charge in [0.1, 0.15) is 0 Å². The van der Waals surface area contributed by atoms with Crippen LogP contribution in [0, 0.1) is 11.8 Å². The van der Waals surface area contributed by atoms with Crippen LogP contribution < -0.4 is 0 Å². The average molecular weight is 415 g/mol. The third-order valence-electron chi connectivity index (χ3n) is 3.32. The Bertz CT molecular complexity index is 525. The molecule has 0 radical (unpaired) electrons. The summed E-state index contributed by atoms with van der Waals surface area (Å²) in [6.07, 6.45) is 6.35. The van der Waals surface area contributed by atoms with Crippen molar-refractivity contribution in [3.63, 3.8) is 0 Å². The number of esters is 1. The van der Waals surface area contributed by atoms with E-state index in [1.54, 1.807) is 6.08 Å². The van der Waals surface area contributed by atoms with Gasteiger partial charge in [-0.15, -0.1) is 6.58 Å². The van der Waals surface area contributed by atoms with Gasteiger partial charge in [-0.2, -0.15) is 0 Å². The monoisotopic (exact) mass is 414 g/mol. The van der Waals surface area contributed by atoms with Gasteiger partial charge in [0.05, 0.1) is 18.4 Å². The molecule has 0 fully saturated rings. The normalized spacial score (nSPS) is 17.5. The summed E-state index contributed by atoms with van der Waals surface area (Å²) < 4.78 is 10.0. The van der Waals surface area contributed by atoms with E-state index in [2.05, 4.69) is 13.2 Å². The second kappa shape index (κ2) is 18.2. The van der Waals surface area contributed by atoms with Crippen LogP contribution in [0.2, 0.25) is 6.04 Å². The zero-order valence-electron chi connectivity index (χ0n) is 17.2. The molecule has 160 valence electrons. The Kier molecular flexibility index (Phi) is 18.2. The smallest absolute Gasteiger partial charge is 0.330 e. The van der Waals surface area contributed by atoms with Crippen molar-refractivity contribution in [1.82, 2.24) is 0 Å². The molecule has 8 heteroatoms. The van der Waals surface area contributed by atoms with Crippen molar-refractivity contribution in [3.8, 4) is 0 Å². The SMILES string of the molecule is C=C(C)C.C=CC(=O)OCCC[SiH2]OCC.O=C(O)C1C=CCCC1C(=O)O. The summed E-state index contributed by atoms with van der Waals surface area (Å²) >= 11 is 0. The summed E-state index contributed by atoms with van der Waals surface area (Å²) in [5, 5.41) is 17.3. The summed E-state index contributed by atoms with van der Waals surface area (Å²) in [7, 11) is -0.357. The van der Waals surface area contributed by atoms with Crippen molar-refractivity contribution in [2.24, 2.45) is 11.8 Å². The van der Waals surface area contributed by atoms with Crippen molar-refractivity contribution < 1.29 is 33.8 Å². The standard InChI is InChI=1S/C8H10O4.C8H16O3Si.C4H8/c9-7(10)5-3-1-2-4-6(5)8(11)12;1-3-8(9)10-6-5-7-12-11-4-2;1-4(2)3/h1,3,5-6H,2,4H2,(H,9,10)(H,11,12);3H,1,4-7,12H2,2H3;1H2,2-3H3. The third-order valence-corrected chi connectivity index (χ3v) is 4.81. The van der Waals surface area contributed by atoms with Crippen LogP contribution in [0.5, 0.6) is 0 Å². The first-order valence-corrected chi connectivity index (χ1v) is 10.9. The molecular formula is C20H34O7Si. The number of allylic oxidation sites excluding steroid dienone is 2. The summed E-state index contributed by atoms with van der Waals surface area (Å²) in [4.78, 5) is 31.7. The predicted molar refractivity (Wildman–Crippen MR) is 112 cm³/mol. The third kappa shape index (κ3) is 17.2. The van der Waals surface area contributed by atoms with Crippen LogP contribution in [-0.4, -0.2) is 51.1 Å². The number of hydrogen-bond donors (Lipinski definition) is 2. The fraction of sp³-hybridized carbons (Fsp3) is 0.550. The number of carboxylic acid groups (broad SMARTS) is 2. The van der Waals surface area contributed by atoms with Gasteiger partial charge < -0.3 is 19.4 Å². The second-order valence-electron chi connectivity index (χ2n) is 6.30. The highest BCUT2D eigenvalue weighted by Gasteiger charge is 2.32. The molecular weight excluding hydrogens is 380 g/mol. The molecule has 1 aliphatic carbocycles. The van der Waals surface area contributed by atoms with Crippen LogP contribution in [0.15, 0.2) is 37.0 Å². The van der Waals surface area contributed by atoms with E-state index < -0.39 is 23.8 Å². The maximum absolute atomic E-state index is 10.6. The lowest BCUT2D eigenvalue weighted by Crippen LogP contribution is -2.30. The maximum Gasteiger partial charge on any atom is 0.330 e. The molecule has 0 aromatic heterocycles. The van der Waals surface area contributed by atoms with Gasteiger partial charge in [-0.1, -0.05) is 24.3 Å². The van der Waals surface area contributed by atoms with Crippen LogP contribution in [-0.2, 0) is 23.5 Å². The number of hydrogen-bond acceptors (Lipinski definition) is 5. The molecule has 0 amide bonds. The Labute approximate surface area is 170 Å². The lowest BCUT2D eigenvalue weighted by Gasteiger charge is -2.19. The maximum atomic E-state index is 10.6. The molecule has 2 unspecified atom stereocenters. The Balaban J connectivity index is 0. The van der Waals surface area contributed by atoms with Gasteiger partial charge in [0.2, 0.25) is 0 Å². The first-order valence-electron chi connectivity index (χ1n) is 9.28. The quantitative estimate of drug-likeness (QED) is 0.196. The molecule has 28 heavy (non-hydrogen) atoms. The molecule has 0 saturated heterocycles. The van der Waals surface area contributed by atoms with Gasteiger partial charge in [0, 0.05) is 12.7 Å². The minimum Gasteiger partial charge on any atom is -0.481 e. The second-order valence-corrected chi connectivity index (χ2v) is 7.82. The molecule has 2 N–H and O–H groups in total. The van der Waals surface area contributed by atoms with E-state index >= 15 is 0 Å². The Morgan fingerprint density at radius 1 is 1.25 bits per heavy atom. The number of ether oxygens (including phenoxy) is 1. The molecule has 1 rings (SSSR count). The van der Waals surface area contributed by atoms with Gasteiger partial charge in [-0.3, -0.25) is 9.59 Å². The topological polar surface area (TPSA) is 110 Å². The molecule has 0 spiro atoms. The largest absolute Gasteiger partial charge is 0.481 e. The summed E-state index contributed by atoms with van der Waals surface area (Å²) in [5.74, 6) is -4.03. The van der Waals surface area contributed by atoms with Crippen LogP contribution >= 0.6 is 0 Å². The van der Waals surface area contributed by atoms with Gasteiger partial charge in [0.25, 0.3) is 0 Å². The number of carboxylic acids is 2. The molecule has 0 heterocycles. The highest BCUT2D eigenvalue weighted by molar-refractivity contribution is 6.26. The minimum atomic E-state index is -1.06. The van der Waals surface area contributed by atoms with Crippen molar-refractivity contribution in [3.05, 3.63) is 37.0 Å². The zero-order chi connectivity index (χ0) is 21.9. The van der Waals surface area contributed by atoms with E-state index in [1.807, 2.05) is 20.8 Å². The van der Waals surface area contributed by atoms with Crippen LogP contribution in [0.25, 0.3) is 0 Å². The molecule has 2 atom stereocenters. The molecule has 0 aliphatic heterocycles. The molecule has 0 bridgehead atoms. The molecule has 0 aromatic rings. The van der Waals surface area contributed by atoms with E-state index in [1.165, 1.54) is 17.7 Å². The lowest BCUT2D eigenvalue weighted by molar-refractivity contribution is -0.152. The van der Waals surface area contributed by atoms with E-state index in [9.17, 15) is 14.4 Å². The van der Waals surface area contributed by atoms with Crippen molar-refractivity contribution in [2.75, 3.05) is 13.2 Å². The molecule has 7 nitrogen and oxygen atoms in total. The van der Waals surface area contributed by atoms with Crippen LogP contribution in [0.3, 0.4) is 0 Å². The van der Waals surface area contributed by atoms with Crippen molar-refractivity contribution >= 4 is 27.7 Å². The fourth-order valence-electron chi connectivity index (χ4n) is 2.05. The predicted octanol–water partition coefficient (Wildman–Crippen LogP) is 2.96. The fourth-order valence-corrected chi connectivity index (χ4v) is 2.95. The van der Waals surface area contributed by atoms with E-state index in [-0.39, 0.29) is 15.7 Å². The van der Waals surface area contributed by atoms with Crippen molar-refractivity contribution in [2.45, 2.75) is 46.1 Å². The summed E-state index contributed by atoms with van der Waals surface area (Å²) in [5.41, 5.74) is 1.17. The number of carbonyl (C=O) groups is 3. The summed E-state index contributed by atoms with van der Waals surface area (Å²) in [6.45, 7) is 14.1. The van der Waals surface area contributed by atoms with Crippen LogP contribution in [0.4, 0.5) is 0 Å². The summed E-state index contributed by atoms with van der Waals surface area (Å²) in [6, 6.07) is 1.07. The first-order chi connectivity index (χ1) is 13.2. The van der Waals surface area contributed by atoms with Gasteiger partial charge >= 0.3 is 17.9 Å². The van der Waals surface area contributed by atoms with Gasteiger partial charge in [0.15, 0.2) is 9.76 Å². The Hall–Kier alpha value is -2.19. The van der Waals surface area contributed by atoms with Gasteiger partial charge in [-0.25, -0.2) is 4.79 Å². The van der Waals surface area contributed by atoms with E-state index in [0.717, 1.165) is 19.1 Å². The molecule has 0 saturated carbocycles. The zero-order valence-corrected chi connectivity index (χ0v) is 18.6. The highest BCUT2D eigenvalue weighted by Crippen LogP contribution is 2.24. The van der Waals surface area contributed by atoms with Crippen LogP contribution in [0.1, 0.15) is 40.0 Å². The highest BCUT2D eigenvalue weighted by atomic mass is 28.2. The lowest BCUT2D eigenvalue weighted by atomic mass is 9.84. The van der Waals surface area contributed by atoms with E-state index in [0.29, 0.717) is 19.4 Å². The first kappa shape index (κ1) is 28.0. The average Bonchev–Trinajstić information content (AvgIpc) is 2.64. The molecule has 0 aromatic carbocycles. The number of carbonyl (C=O) groups excluding carboxylic acids is 1. The van der Waals surface area contributed by atoms with Gasteiger partial charge in [-0.05, 0) is 46.1 Å². The Morgan fingerprint density at radius 3 is 2.29 bits per heavy atom. The number of aliphatic carboxylic acids is 2. The number of rotatable bonds is 9. The van der Waals surface area contributed by atoms with Crippen molar-refractivity contribution in [1.29, 1.82) is 0 Å². The minimum absolute atomic E-state index is 0.340. The van der Waals surface area contributed by atoms with E-state index in [4.69, 9.17) is 19.4 Å². The Morgan fingerprint density at radius 2 is 1.86 bits per heavy atom.